The van der Waals surface area contributed by atoms with E-state index in [4.69, 9.17) is 10.9 Å². The van der Waals surface area contributed by atoms with E-state index in [9.17, 15) is 9.59 Å². The van der Waals surface area contributed by atoms with Crippen molar-refractivity contribution < 1.29 is 14.7 Å². The molecule has 0 aliphatic heterocycles. The maximum atomic E-state index is 11.2. The van der Waals surface area contributed by atoms with E-state index in [-0.39, 0.29) is 24.2 Å². The molecular weight excluding hydrogens is 244 g/mol. The molecule has 0 aromatic rings. The number of hydrogen-bond donors (Lipinski definition) is 2. The quantitative estimate of drug-likeness (QED) is 0.383. The molecule has 0 spiro atoms. The van der Waals surface area contributed by atoms with E-state index in [0.29, 0.717) is 12.5 Å². The fourth-order valence-corrected chi connectivity index (χ4v) is 2.28. The van der Waals surface area contributed by atoms with Gasteiger partial charge in [-0.25, -0.2) is 5.84 Å². The largest absolute Gasteiger partial charge is 0.481 e. The summed E-state index contributed by atoms with van der Waals surface area (Å²) in [6.07, 6.45) is 3.42. The van der Waals surface area contributed by atoms with Gasteiger partial charge < -0.3 is 5.11 Å². The van der Waals surface area contributed by atoms with Gasteiger partial charge in [-0.1, -0.05) is 40.0 Å². The van der Waals surface area contributed by atoms with Crippen LogP contribution < -0.4 is 5.84 Å². The third-order valence-corrected chi connectivity index (χ3v) is 3.93. The molecule has 1 amide bonds. The van der Waals surface area contributed by atoms with Gasteiger partial charge in [-0.05, 0) is 17.8 Å². The molecule has 0 aliphatic carbocycles. The van der Waals surface area contributed by atoms with Gasteiger partial charge in [0.25, 0.3) is 0 Å². The molecule has 5 nitrogen and oxygen atoms in total. The van der Waals surface area contributed by atoms with E-state index >= 15 is 0 Å². The van der Waals surface area contributed by atoms with Gasteiger partial charge >= 0.3 is 5.97 Å². The smallest absolute Gasteiger partial charge is 0.303 e. The molecule has 19 heavy (non-hydrogen) atoms. The number of aliphatic carboxylic acids is 1. The first-order valence-electron chi connectivity index (χ1n) is 7.04. The molecule has 0 radical (unpaired) electrons. The van der Waals surface area contributed by atoms with Crippen molar-refractivity contribution in [2.24, 2.45) is 23.6 Å². The second kappa shape index (κ2) is 8.91. The van der Waals surface area contributed by atoms with Gasteiger partial charge in [0, 0.05) is 13.5 Å². The summed E-state index contributed by atoms with van der Waals surface area (Å²) in [4.78, 5) is 22.1. The number of nitrogens with two attached hydrogens (primary N) is 1. The molecule has 3 N–H and O–H groups in total. The van der Waals surface area contributed by atoms with Gasteiger partial charge in [0.05, 0.1) is 6.42 Å². The summed E-state index contributed by atoms with van der Waals surface area (Å²) in [5.41, 5.74) is 0. The molecule has 0 aromatic carbocycles. The Balaban J connectivity index is 4.62. The molecule has 0 heterocycles. The van der Waals surface area contributed by atoms with Crippen LogP contribution in [0.2, 0.25) is 0 Å². The van der Waals surface area contributed by atoms with Gasteiger partial charge in [0.15, 0.2) is 0 Å². The lowest BCUT2D eigenvalue weighted by atomic mass is 9.79. The fourth-order valence-electron chi connectivity index (χ4n) is 2.28. The summed E-state index contributed by atoms with van der Waals surface area (Å²) in [7, 11) is 0. The van der Waals surface area contributed by atoms with E-state index in [1.165, 1.54) is 6.92 Å². The first-order valence-corrected chi connectivity index (χ1v) is 7.04. The average molecular weight is 272 g/mol. The topological polar surface area (TPSA) is 83.6 Å². The zero-order chi connectivity index (χ0) is 15.0. The molecule has 0 bridgehead atoms. The third kappa shape index (κ3) is 7.15. The van der Waals surface area contributed by atoms with Gasteiger partial charge in [0.1, 0.15) is 0 Å². The van der Waals surface area contributed by atoms with Crippen molar-refractivity contribution in [2.45, 2.75) is 53.4 Å². The van der Waals surface area contributed by atoms with Gasteiger partial charge in [0.2, 0.25) is 5.91 Å². The van der Waals surface area contributed by atoms with E-state index in [2.05, 4.69) is 20.8 Å². The number of hydrogen-bond acceptors (Lipinski definition) is 3. The minimum absolute atomic E-state index is 0.0542. The predicted molar refractivity (Wildman–Crippen MR) is 75.2 cm³/mol. The number of hydrazine groups is 1. The number of unbranched alkanes of at least 4 members (excludes halogenated alkanes) is 1. The van der Waals surface area contributed by atoms with Crippen LogP contribution >= 0.6 is 0 Å². The van der Waals surface area contributed by atoms with Crippen LogP contribution in [0, 0.1) is 17.8 Å². The van der Waals surface area contributed by atoms with Crippen LogP contribution in [0.3, 0.4) is 0 Å². The Bertz CT molecular complexity index is 294. The first kappa shape index (κ1) is 17.9. The maximum Gasteiger partial charge on any atom is 0.303 e. The number of carboxylic acids is 1. The molecule has 112 valence electrons. The second-order valence-corrected chi connectivity index (χ2v) is 5.51. The SMILES string of the molecule is CCCCC(C)C(C)C(CC(=O)O)CN(N)C(C)=O. The van der Waals surface area contributed by atoms with Crippen LogP contribution in [0.1, 0.15) is 53.4 Å². The van der Waals surface area contributed by atoms with Gasteiger partial charge in [-0.3, -0.25) is 14.6 Å². The van der Waals surface area contributed by atoms with Crippen LogP contribution in [0.5, 0.6) is 0 Å². The van der Waals surface area contributed by atoms with Crippen LogP contribution in [0.4, 0.5) is 0 Å². The zero-order valence-corrected chi connectivity index (χ0v) is 12.6. The Labute approximate surface area is 116 Å². The van der Waals surface area contributed by atoms with Crippen LogP contribution in [0.25, 0.3) is 0 Å². The number of amides is 1. The summed E-state index contributed by atoms with van der Waals surface area (Å²) >= 11 is 0. The molecule has 0 fully saturated rings. The highest BCUT2D eigenvalue weighted by molar-refractivity contribution is 5.72. The summed E-state index contributed by atoms with van der Waals surface area (Å²) in [6.45, 7) is 8.04. The molecule has 0 saturated heterocycles. The zero-order valence-electron chi connectivity index (χ0n) is 12.6. The molecular formula is C14H28N2O3. The summed E-state index contributed by atoms with van der Waals surface area (Å²) in [6, 6.07) is 0. The molecule has 0 saturated carbocycles. The second-order valence-electron chi connectivity index (χ2n) is 5.51. The van der Waals surface area contributed by atoms with Crippen molar-refractivity contribution in [3.8, 4) is 0 Å². The number of nitrogens with zero attached hydrogens (tertiary/aromatic N) is 1. The van der Waals surface area contributed by atoms with Crippen molar-refractivity contribution in [1.29, 1.82) is 0 Å². The van der Waals surface area contributed by atoms with Crippen molar-refractivity contribution in [2.75, 3.05) is 6.54 Å². The van der Waals surface area contributed by atoms with Crippen molar-refractivity contribution >= 4 is 11.9 Å². The maximum absolute atomic E-state index is 11.2. The Morgan fingerprint density at radius 1 is 1.32 bits per heavy atom. The van der Waals surface area contributed by atoms with E-state index in [1.807, 2.05) is 0 Å². The highest BCUT2D eigenvalue weighted by Crippen LogP contribution is 2.27. The van der Waals surface area contributed by atoms with Crippen molar-refractivity contribution in [1.82, 2.24) is 5.01 Å². The molecule has 3 atom stereocenters. The minimum Gasteiger partial charge on any atom is -0.481 e. The summed E-state index contributed by atoms with van der Waals surface area (Å²) < 4.78 is 0. The Kier molecular flexibility index (Phi) is 8.39. The lowest BCUT2D eigenvalue weighted by molar-refractivity contribution is -0.140. The summed E-state index contributed by atoms with van der Waals surface area (Å²) in [5.74, 6) is 5.12. The Hall–Kier alpha value is -1.10. The molecule has 0 aliphatic rings. The van der Waals surface area contributed by atoms with E-state index in [1.54, 1.807) is 0 Å². The monoisotopic (exact) mass is 272 g/mol. The molecule has 0 aromatic heterocycles. The normalized spacial score (nSPS) is 15.6. The lowest BCUT2D eigenvalue weighted by Crippen LogP contribution is -2.42. The number of carbonyl (C=O) groups excluding carboxylic acids is 1. The van der Waals surface area contributed by atoms with E-state index in [0.717, 1.165) is 24.3 Å². The van der Waals surface area contributed by atoms with Crippen molar-refractivity contribution in [3.63, 3.8) is 0 Å². The van der Waals surface area contributed by atoms with E-state index < -0.39 is 5.97 Å². The lowest BCUT2D eigenvalue weighted by Gasteiger charge is -2.30. The number of carboxylic acid groups (broad SMARTS) is 1. The average Bonchev–Trinajstić information content (AvgIpc) is 2.33. The van der Waals surface area contributed by atoms with Crippen LogP contribution in [-0.2, 0) is 9.59 Å². The summed E-state index contributed by atoms with van der Waals surface area (Å²) in [5, 5.41) is 10.1. The Morgan fingerprint density at radius 2 is 1.89 bits per heavy atom. The highest BCUT2D eigenvalue weighted by Gasteiger charge is 2.26. The minimum atomic E-state index is -0.837. The third-order valence-electron chi connectivity index (χ3n) is 3.93. The number of rotatable bonds is 9. The van der Waals surface area contributed by atoms with Crippen LogP contribution in [0.15, 0.2) is 0 Å². The van der Waals surface area contributed by atoms with Gasteiger partial charge in [-0.2, -0.15) is 0 Å². The standard InChI is InChI=1S/C14H28N2O3/c1-5-6-7-10(2)11(3)13(8-14(18)19)9-16(15)12(4)17/h10-11,13H,5-9,15H2,1-4H3,(H,18,19). The highest BCUT2D eigenvalue weighted by atomic mass is 16.4. The van der Waals surface area contributed by atoms with Crippen molar-refractivity contribution in [3.05, 3.63) is 0 Å². The fraction of sp³-hybridized carbons (Fsp3) is 0.857. The van der Waals surface area contributed by atoms with Gasteiger partial charge in [-0.15, -0.1) is 0 Å². The first-order chi connectivity index (χ1) is 8.79. The molecule has 0 rings (SSSR count). The Morgan fingerprint density at radius 3 is 2.32 bits per heavy atom. The number of carbonyl (C=O) groups is 2. The molecule has 3 unspecified atom stereocenters. The van der Waals surface area contributed by atoms with Crippen LogP contribution in [-0.4, -0.2) is 28.5 Å². The molecule has 5 heteroatoms. The predicted octanol–water partition coefficient (Wildman–Crippen LogP) is 2.26.